The van der Waals surface area contributed by atoms with Crippen molar-refractivity contribution in [2.45, 2.75) is 20.3 Å². The molecular formula is C20H20FN3O3. The summed E-state index contributed by atoms with van der Waals surface area (Å²) in [5.41, 5.74) is 7.23. The van der Waals surface area contributed by atoms with Gasteiger partial charge in [-0.15, -0.1) is 0 Å². The maximum atomic E-state index is 13.6. The van der Waals surface area contributed by atoms with E-state index < -0.39 is 23.5 Å². The lowest BCUT2D eigenvalue weighted by atomic mass is 10.1. The summed E-state index contributed by atoms with van der Waals surface area (Å²) in [4.78, 5) is 38.1. The van der Waals surface area contributed by atoms with Crippen LogP contribution in [0.15, 0.2) is 42.5 Å². The molecule has 27 heavy (non-hydrogen) atoms. The maximum absolute atomic E-state index is 13.6. The first-order valence-electron chi connectivity index (χ1n) is 8.59. The van der Waals surface area contributed by atoms with Crippen LogP contribution in [-0.2, 0) is 9.59 Å². The van der Waals surface area contributed by atoms with Crippen molar-refractivity contribution in [2.75, 3.05) is 11.4 Å². The number of benzene rings is 2. The summed E-state index contributed by atoms with van der Waals surface area (Å²) >= 11 is 0. The molecule has 140 valence electrons. The highest BCUT2D eigenvalue weighted by Gasteiger charge is 2.35. The zero-order chi connectivity index (χ0) is 19.6. The minimum atomic E-state index is -0.753. The number of hydrogen-bond donors (Lipinski definition) is 2. The second kappa shape index (κ2) is 7.57. The van der Waals surface area contributed by atoms with Crippen LogP contribution in [0, 0.1) is 25.6 Å². The van der Waals surface area contributed by atoms with Gasteiger partial charge in [-0.05, 0) is 49.2 Å². The first-order valence-corrected chi connectivity index (χ1v) is 8.59. The fraction of sp³-hybridized carbons (Fsp3) is 0.250. The van der Waals surface area contributed by atoms with Crippen LogP contribution in [0.4, 0.5) is 10.1 Å². The van der Waals surface area contributed by atoms with Gasteiger partial charge < -0.3 is 4.90 Å². The van der Waals surface area contributed by atoms with E-state index in [1.54, 1.807) is 4.90 Å². The number of rotatable bonds is 3. The molecule has 1 saturated heterocycles. The van der Waals surface area contributed by atoms with Crippen LogP contribution < -0.4 is 15.8 Å². The van der Waals surface area contributed by atoms with Crippen molar-refractivity contribution < 1.29 is 18.8 Å². The Morgan fingerprint density at radius 1 is 1.07 bits per heavy atom. The molecule has 6 nitrogen and oxygen atoms in total. The van der Waals surface area contributed by atoms with Crippen LogP contribution in [0.1, 0.15) is 27.9 Å². The van der Waals surface area contributed by atoms with Gasteiger partial charge in [0, 0.05) is 18.7 Å². The molecule has 1 atom stereocenters. The van der Waals surface area contributed by atoms with Crippen LogP contribution in [0.2, 0.25) is 0 Å². The minimum absolute atomic E-state index is 0.0499. The normalized spacial score (nSPS) is 16.3. The lowest BCUT2D eigenvalue weighted by Gasteiger charge is -2.18. The number of hydrogen-bond acceptors (Lipinski definition) is 3. The van der Waals surface area contributed by atoms with Crippen molar-refractivity contribution in [1.82, 2.24) is 10.9 Å². The molecule has 1 fully saturated rings. The summed E-state index contributed by atoms with van der Waals surface area (Å²) in [6.45, 7) is 4.17. The fourth-order valence-electron chi connectivity index (χ4n) is 2.96. The molecule has 2 N–H and O–H groups in total. The number of carbonyl (C=O) groups is 3. The Hall–Kier alpha value is -3.22. The largest absolute Gasteiger partial charge is 0.312 e. The lowest BCUT2D eigenvalue weighted by Crippen LogP contribution is -2.45. The summed E-state index contributed by atoms with van der Waals surface area (Å²) in [6.07, 6.45) is 0.0499. The monoisotopic (exact) mass is 369 g/mol. The molecule has 2 aromatic carbocycles. The quantitative estimate of drug-likeness (QED) is 0.815. The van der Waals surface area contributed by atoms with Crippen LogP contribution in [0.25, 0.3) is 0 Å². The van der Waals surface area contributed by atoms with Crippen molar-refractivity contribution in [3.63, 3.8) is 0 Å². The Morgan fingerprint density at radius 3 is 2.52 bits per heavy atom. The van der Waals surface area contributed by atoms with E-state index in [0.717, 1.165) is 22.9 Å². The van der Waals surface area contributed by atoms with E-state index in [-0.39, 0.29) is 24.4 Å². The minimum Gasteiger partial charge on any atom is -0.312 e. The van der Waals surface area contributed by atoms with Gasteiger partial charge in [-0.3, -0.25) is 25.2 Å². The number of anilines is 1. The van der Waals surface area contributed by atoms with E-state index in [9.17, 15) is 18.8 Å². The van der Waals surface area contributed by atoms with Crippen molar-refractivity contribution in [3.8, 4) is 0 Å². The molecular weight excluding hydrogens is 349 g/mol. The van der Waals surface area contributed by atoms with Gasteiger partial charge in [-0.25, -0.2) is 4.39 Å². The molecule has 1 aliphatic heterocycles. The zero-order valence-corrected chi connectivity index (χ0v) is 15.1. The molecule has 2 aromatic rings. The maximum Gasteiger partial charge on any atom is 0.272 e. The molecule has 0 saturated carbocycles. The second-order valence-electron chi connectivity index (χ2n) is 6.60. The van der Waals surface area contributed by atoms with Crippen LogP contribution in [-0.4, -0.2) is 24.3 Å². The predicted molar refractivity (Wildman–Crippen MR) is 98.4 cm³/mol. The number of nitrogens with one attached hydrogen (secondary N) is 2. The standard InChI is InChI=1S/C20H20FN3O3/c1-12-7-8-15(9-13(12)2)24-11-14(10-18(24)25)19(26)22-23-20(27)16-5-3-4-6-17(16)21/h3-9,14H,10-11H2,1-2H3,(H,22,26)(H,23,27)/t14-/m1/s1. The molecule has 3 amide bonds. The smallest absolute Gasteiger partial charge is 0.272 e. The Labute approximate surface area is 156 Å². The van der Waals surface area contributed by atoms with Crippen molar-refractivity contribution in [2.24, 2.45) is 5.92 Å². The van der Waals surface area contributed by atoms with E-state index in [1.807, 2.05) is 32.0 Å². The molecule has 0 bridgehead atoms. The van der Waals surface area contributed by atoms with Crippen molar-refractivity contribution >= 4 is 23.4 Å². The summed E-state index contributed by atoms with van der Waals surface area (Å²) in [7, 11) is 0. The molecule has 0 aliphatic carbocycles. The lowest BCUT2D eigenvalue weighted by molar-refractivity contribution is -0.126. The molecule has 1 aliphatic rings. The number of amides is 3. The molecule has 0 unspecified atom stereocenters. The Kier molecular flexibility index (Phi) is 5.21. The molecule has 7 heteroatoms. The van der Waals surface area contributed by atoms with E-state index in [1.165, 1.54) is 18.2 Å². The van der Waals surface area contributed by atoms with Gasteiger partial charge in [-0.1, -0.05) is 18.2 Å². The highest BCUT2D eigenvalue weighted by atomic mass is 19.1. The van der Waals surface area contributed by atoms with Crippen molar-refractivity contribution in [1.29, 1.82) is 0 Å². The predicted octanol–water partition coefficient (Wildman–Crippen LogP) is 2.26. The number of nitrogens with zero attached hydrogens (tertiary/aromatic N) is 1. The van der Waals surface area contributed by atoms with Gasteiger partial charge in [0.25, 0.3) is 5.91 Å². The van der Waals surface area contributed by atoms with Crippen LogP contribution in [0.3, 0.4) is 0 Å². The first-order chi connectivity index (χ1) is 12.9. The third-order valence-electron chi connectivity index (χ3n) is 4.72. The fourth-order valence-corrected chi connectivity index (χ4v) is 2.96. The van der Waals surface area contributed by atoms with Gasteiger partial charge >= 0.3 is 0 Å². The number of aryl methyl sites for hydroxylation is 2. The molecule has 0 radical (unpaired) electrons. The SMILES string of the molecule is Cc1ccc(N2C[C@H](C(=O)NNC(=O)c3ccccc3F)CC2=O)cc1C. The zero-order valence-electron chi connectivity index (χ0n) is 15.1. The van der Waals surface area contributed by atoms with E-state index in [2.05, 4.69) is 10.9 Å². The van der Waals surface area contributed by atoms with E-state index in [0.29, 0.717) is 0 Å². The molecule has 3 rings (SSSR count). The van der Waals surface area contributed by atoms with Gasteiger partial charge in [0.15, 0.2) is 0 Å². The summed E-state index contributed by atoms with van der Waals surface area (Å²) in [6, 6.07) is 11.2. The summed E-state index contributed by atoms with van der Waals surface area (Å²) in [5.74, 6) is -2.67. The van der Waals surface area contributed by atoms with Gasteiger partial charge in [0.1, 0.15) is 5.82 Å². The van der Waals surface area contributed by atoms with Gasteiger partial charge in [-0.2, -0.15) is 0 Å². The van der Waals surface area contributed by atoms with E-state index >= 15 is 0 Å². The average molecular weight is 369 g/mol. The Balaban J connectivity index is 1.61. The Bertz CT molecular complexity index is 913. The average Bonchev–Trinajstić information content (AvgIpc) is 3.04. The number of hydrazine groups is 1. The topological polar surface area (TPSA) is 78.5 Å². The van der Waals surface area contributed by atoms with Crippen molar-refractivity contribution in [3.05, 3.63) is 65.0 Å². The Morgan fingerprint density at radius 2 is 1.81 bits per heavy atom. The van der Waals surface area contributed by atoms with E-state index in [4.69, 9.17) is 0 Å². The highest BCUT2D eigenvalue weighted by Crippen LogP contribution is 2.26. The summed E-state index contributed by atoms with van der Waals surface area (Å²) < 4.78 is 13.6. The first kappa shape index (κ1) is 18.6. The van der Waals surface area contributed by atoms with Gasteiger partial charge in [0.05, 0.1) is 11.5 Å². The number of carbonyl (C=O) groups excluding carboxylic acids is 3. The molecule has 1 heterocycles. The molecule has 0 spiro atoms. The third-order valence-corrected chi connectivity index (χ3v) is 4.72. The van der Waals surface area contributed by atoms with Crippen LogP contribution in [0.5, 0.6) is 0 Å². The third kappa shape index (κ3) is 3.97. The number of halogens is 1. The second-order valence-corrected chi connectivity index (χ2v) is 6.60. The highest BCUT2D eigenvalue weighted by molar-refractivity contribution is 6.01. The van der Waals surface area contributed by atoms with Crippen LogP contribution >= 0.6 is 0 Å². The molecule has 0 aromatic heterocycles. The van der Waals surface area contributed by atoms with Gasteiger partial charge in [0.2, 0.25) is 11.8 Å². The summed E-state index contributed by atoms with van der Waals surface area (Å²) in [5, 5.41) is 0.